The number of hydrogen-bond acceptors (Lipinski definition) is 5. The van der Waals surface area contributed by atoms with Crippen molar-refractivity contribution in [3.05, 3.63) is 23.9 Å². The first-order chi connectivity index (χ1) is 8.69. The molecule has 5 N–H and O–H groups in total. The van der Waals surface area contributed by atoms with Gasteiger partial charge in [-0.05, 0) is 43.6 Å². The molecule has 0 atom stereocenters. The largest absolute Gasteiger partial charge is 0.369 e. The van der Waals surface area contributed by atoms with Crippen molar-refractivity contribution in [3.63, 3.8) is 0 Å². The zero-order chi connectivity index (χ0) is 13.0. The summed E-state index contributed by atoms with van der Waals surface area (Å²) < 4.78 is 0. The monoisotopic (exact) mass is 249 g/mol. The molecule has 98 valence electrons. The molecule has 0 aliphatic carbocycles. The Labute approximate surface area is 106 Å². The molecule has 1 fully saturated rings. The van der Waals surface area contributed by atoms with Gasteiger partial charge < -0.3 is 11.2 Å². The summed E-state index contributed by atoms with van der Waals surface area (Å²) in [6.45, 7) is 2.66. The number of pyridine rings is 1. The first-order valence-corrected chi connectivity index (χ1v) is 6.12. The molecule has 2 heterocycles. The van der Waals surface area contributed by atoms with Gasteiger partial charge in [0.25, 0.3) is 0 Å². The van der Waals surface area contributed by atoms with Crippen LogP contribution in [0.4, 0.5) is 5.82 Å². The van der Waals surface area contributed by atoms with Crippen molar-refractivity contribution in [2.75, 3.05) is 18.5 Å². The smallest absolute Gasteiger partial charge is 0.220 e. The van der Waals surface area contributed by atoms with Crippen molar-refractivity contribution in [3.8, 4) is 0 Å². The quantitative estimate of drug-likeness (QED) is 0.518. The molecule has 1 amide bonds. The average molecular weight is 249 g/mol. The topological polar surface area (TPSA) is 97.3 Å². The lowest BCUT2D eigenvalue weighted by Gasteiger charge is -2.30. The van der Waals surface area contributed by atoms with Crippen molar-refractivity contribution < 1.29 is 4.79 Å². The van der Waals surface area contributed by atoms with Crippen LogP contribution in [0.2, 0.25) is 0 Å². The van der Waals surface area contributed by atoms with E-state index in [9.17, 15) is 4.79 Å². The number of hydrogen-bond donors (Lipinski definition) is 3. The van der Waals surface area contributed by atoms with E-state index in [-0.39, 0.29) is 11.8 Å². The Morgan fingerprint density at radius 3 is 2.83 bits per heavy atom. The van der Waals surface area contributed by atoms with Gasteiger partial charge in [0, 0.05) is 18.7 Å². The normalized spacial score (nSPS) is 17.6. The van der Waals surface area contributed by atoms with Gasteiger partial charge in [0.2, 0.25) is 5.91 Å². The highest BCUT2D eigenvalue weighted by molar-refractivity contribution is 5.76. The molecular formula is C12H19N5O. The number of primary amides is 1. The zero-order valence-electron chi connectivity index (χ0n) is 10.3. The van der Waals surface area contributed by atoms with Crippen LogP contribution in [0, 0.1) is 5.92 Å². The van der Waals surface area contributed by atoms with Crippen molar-refractivity contribution in [2.45, 2.75) is 19.4 Å². The predicted octanol–water partition coefficient (Wildman–Crippen LogP) is 0.0645. The van der Waals surface area contributed by atoms with E-state index in [2.05, 4.69) is 15.3 Å². The molecule has 0 aromatic carbocycles. The molecule has 2 rings (SSSR count). The van der Waals surface area contributed by atoms with Gasteiger partial charge >= 0.3 is 0 Å². The Hall–Kier alpha value is -1.66. The van der Waals surface area contributed by atoms with E-state index in [0.717, 1.165) is 38.0 Å². The Morgan fingerprint density at radius 1 is 1.50 bits per heavy atom. The summed E-state index contributed by atoms with van der Waals surface area (Å²) in [6.07, 6.45) is 3.44. The van der Waals surface area contributed by atoms with Gasteiger partial charge in [-0.3, -0.25) is 9.69 Å². The maximum atomic E-state index is 11.1. The fourth-order valence-electron chi connectivity index (χ4n) is 2.29. The van der Waals surface area contributed by atoms with Gasteiger partial charge in [-0.1, -0.05) is 0 Å². The third-order valence-electron chi connectivity index (χ3n) is 3.37. The molecule has 1 aliphatic heterocycles. The van der Waals surface area contributed by atoms with E-state index in [1.807, 2.05) is 12.1 Å². The Kier molecular flexibility index (Phi) is 4.11. The van der Waals surface area contributed by atoms with E-state index >= 15 is 0 Å². The van der Waals surface area contributed by atoms with E-state index < -0.39 is 0 Å². The number of nitrogens with two attached hydrogens (primary N) is 2. The summed E-state index contributed by atoms with van der Waals surface area (Å²) >= 11 is 0. The number of hydrazine groups is 1. The van der Waals surface area contributed by atoms with Crippen molar-refractivity contribution in [1.29, 1.82) is 0 Å². The van der Waals surface area contributed by atoms with Crippen LogP contribution in [0.5, 0.6) is 0 Å². The number of nitrogen functional groups attached to an aromatic ring is 1. The van der Waals surface area contributed by atoms with E-state index in [0.29, 0.717) is 5.82 Å². The first kappa shape index (κ1) is 12.8. The average Bonchev–Trinajstić information content (AvgIpc) is 2.39. The summed E-state index contributed by atoms with van der Waals surface area (Å²) in [5.41, 5.74) is 9.01. The summed E-state index contributed by atoms with van der Waals surface area (Å²) in [6, 6.07) is 3.90. The maximum absolute atomic E-state index is 11.1. The van der Waals surface area contributed by atoms with Gasteiger partial charge in [0.15, 0.2) is 0 Å². The van der Waals surface area contributed by atoms with E-state index in [1.54, 1.807) is 6.20 Å². The van der Waals surface area contributed by atoms with Gasteiger partial charge in [-0.15, -0.1) is 0 Å². The standard InChI is InChI=1S/C12H19N5O/c13-12(18)10-2-5-17(6-3-10)8-9-1-4-15-11(7-9)16-14/h1,4,7,10H,2-3,5-6,8,14H2,(H2,13,18)(H,15,16). The van der Waals surface area contributed by atoms with Crippen LogP contribution in [-0.4, -0.2) is 28.9 Å². The number of aromatic nitrogens is 1. The van der Waals surface area contributed by atoms with Crippen molar-refractivity contribution >= 4 is 11.7 Å². The highest BCUT2D eigenvalue weighted by atomic mass is 16.1. The minimum atomic E-state index is -0.173. The molecule has 1 aromatic heterocycles. The minimum absolute atomic E-state index is 0.0416. The first-order valence-electron chi connectivity index (χ1n) is 6.12. The molecule has 0 saturated carbocycles. The second-order valence-electron chi connectivity index (χ2n) is 4.65. The van der Waals surface area contributed by atoms with Crippen LogP contribution >= 0.6 is 0 Å². The van der Waals surface area contributed by atoms with Gasteiger partial charge in [-0.25, -0.2) is 10.8 Å². The van der Waals surface area contributed by atoms with Crippen LogP contribution in [0.15, 0.2) is 18.3 Å². The van der Waals surface area contributed by atoms with E-state index in [1.165, 1.54) is 0 Å². The molecule has 0 unspecified atom stereocenters. The third-order valence-corrected chi connectivity index (χ3v) is 3.37. The second kappa shape index (κ2) is 5.79. The fourth-order valence-corrected chi connectivity index (χ4v) is 2.29. The fraction of sp³-hybridized carbons (Fsp3) is 0.500. The lowest BCUT2D eigenvalue weighted by atomic mass is 9.96. The molecule has 6 nitrogen and oxygen atoms in total. The summed E-state index contributed by atoms with van der Waals surface area (Å²) in [7, 11) is 0. The Bertz CT molecular complexity index is 415. The number of rotatable bonds is 4. The summed E-state index contributed by atoms with van der Waals surface area (Å²) in [5.74, 6) is 5.86. The molecule has 1 saturated heterocycles. The van der Waals surface area contributed by atoms with Crippen LogP contribution in [0.3, 0.4) is 0 Å². The summed E-state index contributed by atoms with van der Waals surface area (Å²) in [5, 5.41) is 0. The lowest BCUT2D eigenvalue weighted by Crippen LogP contribution is -2.38. The van der Waals surface area contributed by atoms with Crippen LogP contribution < -0.4 is 17.0 Å². The zero-order valence-corrected chi connectivity index (χ0v) is 10.3. The number of likely N-dealkylation sites (tertiary alicyclic amines) is 1. The predicted molar refractivity (Wildman–Crippen MR) is 69.2 cm³/mol. The maximum Gasteiger partial charge on any atom is 0.220 e. The number of carbonyl (C=O) groups excluding carboxylic acids is 1. The second-order valence-corrected chi connectivity index (χ2v) is 4.65. The third kappa shape index (κ3) is 3.18. The number of nitrogens with zero attached hydrogens (tertiary/aromatic N) is 2. The van der Waals surface area contributed by atoms with Crippen LogP contribution in [-0.2, 0) is 11.3 Å². The highest BCUT2D eigenvalue weighted by Gasteiger charge is 2.22. The number of piperidine rings is 1. The molecular weight excluding hydrogens is 230 g/mol. The molecule has 0 spiro atoms. The van der Waals surface area contributed by atoms with Gasteiger partial charge in [0.1, 0.15) is 5.82 Å². The minimum Gasteiger partial charge on any atom is -0.369 e. The van der Waals surface area contributed by atoms with Crippen molar-refractivity contribution in [1.82, 2.24) is 9.88 Å². The SMILES string of the molecule is NNc1cc(CN2CCC(C(N)=O)CC2)ccn1. The Morgan fingerprint density at radius 2 is 2.22 bits per heavy atom. The number of nitrogens with one attached hydrogen (secondary N) is 1. The highest BCUT2D eigenvalue weighted by Crippen LogP contribution is 2.19. The Balaban J connectivity index is 1.89. The van der Waals surface area contributed by atoms with E-state index in [4.69, 9.17) is 11.6 Å². The van der Waals surface area contributed by atoms with Crippen LogP contribution in [0.1, 0.15) is 18.4 Å². The molecule has 6 heteroatoms. The molecule has 18 heavy (non-hydrogen) atoms. The molecule has 1 aromatic rings. The number of carbonyl (C=O) groups is 1. The summed E-state index contributed by atoms with van der Waals surface area (Å²) in [4.78, 5) is 17.5. The number of amides is 1. The molecule has 0 radical (unpaired) electrons. The molecule has 0 bridgehead atoms. The number of anilines is 1. The van der Waals surface area contributed by atoms with Crippen molar-refractivity contribution in [2.24, 2.45) is 17.5 Å². The lowest BCUT2D eigenvalue weighted by molar-refractivity contribution is -0.123. The molecule has 1 aliphatic rings. The van der Waals surface area contributed by atoms with Gasteiger partial charge in [0.05, 0.1) is 0 Å². The van der Waals surface area contributed by atoms with Gasteiger partial charge in [-0.2, -0.15) is 0 Å². The van der Waals surface area contributed by atoms with Crippen LogP contribution in [0.25, 0.3) is 0 Å².